The minimum atomic E-state index is -3.54. The maximum atomic E-state index is 12.8. The van der Waals surface area contributed by atoms with Crippen LogP contribution in [-0.4, -0.2) is 32.9 Å². The van der Waals surface area contributed by atoms with E-state index in [0.717, 1.165) is 31.2 Å². The third kappa shape index (κ3) is 3.10. The number of sulfonamides is 1. The number of halogens is 1. The van der Waals surface area contributed by atoms with E-state index in [-0.39, 0.29) is 4.90 Å². The molecule has 0 spiro atoms. The molecule has 1 aromatic carbocycles. The third-order valence-corrected chi connectivity index (χ3v) is 5.95. The molecule has 1 aliphatic rings. The zero-order valence-electron chi connectivity index (χ0n) is 11.9. The Kier molecular flexibility index (Phi) is 4.94. The second-order valence-corrected chi connectivity index (χ2v) is 7.38. The topological polar surface area (TPSA) is 46.6 Å². The van der Waals surface area contributed by atoms with Crippen molar-refractivity contribution in [3.8, 4) is 5.75 Å². The highest BCUT2D eigenvalue weighted by Crippen LogP contribution is 2.32. The summed E-state index contributed by atoms with van der Waals surface area (Å²) >= 11 is 6.08. The maximum Gasteiger partial charge on any atom is 0.246 e. The Balaban J connectivity index is 2.45. The van der Waals surface area contributed by atoms with Gasteiger partial charge in [0.05, 0.1) is 7.11 Å². The van der Waals surface area contributed by atoms with Crippen molar-refractivity contribution < 1.29 is 13.2 Å². The van der Waals surface area contributed by atoms with Gasteiger partial charge < -0.3 is 4.74 Å². The van der Waals surface area contributed by atoms with Crippen molar-refractivity contribution in [3.05, 3.63) is 22.7 Å². The number of hydrogen-bond donors (Lipinski definition) is 0. The Morgan fingerprint density at radius 2 is 1.75 bits per heavy atom. The molecule has 112 valence electrons. The van der Waals surface area contributed by atoms with Crippen molar-refractivity contribution in [3.63, 3.8) is 0 Å². The molecule has 0 bridgehead atoms. The molecule has 1 fully saturated rings. The number of aryl methyl sites for hydroxylation is 1. The van der Waals surface area contributed by atoms with Gasteiger partial charge in [-0.15, -0.1) is 0 Å². The van der Waals surface area contributed by atoms with Crippen LogP contribution in [0.15, 0.2) is 17.0 Å². The first-order chi connectivity index (χ1) is 9.46. The van der Waals surface area contributed by atoms with Crippen LogP contribution in [0.25, 0.3) is 0 Å². The number of benzene rings is 1. The molecule has 1 heterocycles. The smallest absolute Gasteiger partial charge is 0.246 e. The molecule has 1 aromatic rings. The molecular formula is C14H20ClNO3S. The first kappa shape index (κ1) is 15.6. The summed E-state index contributed by atoms with van der Waals surface area (Å²) in [6, 6.07) is 3.17. The highest BCUT2D eigenvalue weighted by atomic mass is 35.5. The summed E-state index contributed by atoms with van der Waals surface area (Å²) in [5, 5.41) is 0.444. The normalized spacial score (nSPS) is 17.8. The van der Waals surface area contributed by atoms with Crippen molar-refractivity contribution in [2.75, 3.05) is 20.2 Å². The van der Waals surface area contributed by atoms with E-state index in [1.807, 2.05) is 6.92 Å². The Labute approximate surface area is 125 Å². The fraction of sp³-hybridized carbons (Fsp3) is 0.571. The van der Waals surface area contributed by atoms with Crippen LogP contribution in [0, 0.1) is 6.92 Å². The molecular weight excluding hydrogens is 298 g/mol. The molecule has 0 unspecified atom stereocenters. The van der Waals surface area contributed by atoms with Gasteiger partial charge in [0, 0.05) is 18.1 Å². The Bertz CT molecular complexity index is 578. The van der Waals surface area contributed by atoms with Crippen molar-refractivity contribution in [2.24, 2.45) is 0 Å². The van der Waals surface area contributed by atoms with E-state index in [1.165, 1.54) is 13.2 Å². The van der Waals surface area contributed by atoms with Gasteiger partial charge in [0.2, 0.25) is 10.0 Å². The highest BCUT2D eigenvalue weighted by molar-refractivity contribution is 7.89. The summed E-state index contributed by atoms with van der Waals surface area (Å²) in [6.07, 6.45) is 3.97. The molecule has 4 nitrogen and oxygen atoms in total. The minimum absolute atomic E-state index is 0.164. The molecule has 0 N–H and O–H groups in total. The fourth-order valence-electron chi connectivity index (χ4n) is 2.42. The molecule has 2 rings (SSSR count). The van der Waals surface area contributed by atoms with Crippen LogP contribution in [0.4, 0.5) is 0 Å². The van der Waals surface area contributed by atoms with Gasteiger partial charge in [-0.1, -0.05) is 24.4 Å². The molecule has 6 heteroatoms. The van der Waals surface area contributed by atoms with E-state index in [1.54, 1.807) is 10.4 Å². The molecule has 0 saturated carbocycles. The van der Waals surface area contributed by atoms with Crippen molar-refractivity contribution in [1.29, 1.82) is 0 Å². The summed E-state index contributed by atoms with van der Waals surface area (Å²) in [5.74, 6) is 0.358. The predicted octanol–water partition coefficient (Wildman–Crippen LogP) is 3.22. The first-order valence-corrected chi connectivity index (χ1v) is 8.63. The van der Waals surface area contributed by atoms with Gasteiger partial charge in [-0.05, 0) is 37.5 Å². The maximum absolute atomic E-state index is 12.8. The van der Waals surface area contributed by atoms with Crippen LogP contribution in [-0.2, 0) is 10.0 Å². The second-order valence-electron chi connectivity index (χ2n) is 5.07. The minimum Gasteiger partial charge on any atom is -0.495 e. The zero-order valence-corrected chi connectivity index (χ0v) is 13.4. The standard InChI is InChI=1S/C14H20ClNO3S/c1-11-9-13(19-2)14(10-12(11)15)20(17,18)16-7-5-3-4-6-8-16/h9-10H,3-8H2,1-2H3. The lowest BCUT2D eigenvalue weighted by atomic mass is 10.2. The van der Waals surface area contributed by atoms with Gasteiger partial charge in [-0.25, -0.2) is 8.42 Å². The van der Waals surface area contributed by atoms with Gasteiger partial charge >= 0.3 is 0 Å². The first-order valence-electron chi connectivity index (χ1n) is 6.81. The third-order valence-electron chi connectivity index (χ3n) is 3.63. The SMILES string of the molecule is COc1cc(C)c(Cl)cc1S(=O)(=O)N1CCCCCC1. The summed E-state index contributed by atoms with van der Waals surface area (Å²) in [7, 11) is -2.07. The van der Waals surface area contributed by atoms with E-state index in [2.05, 4.69) is 0 Å². The molecule has 20 heavy (non-hydrogen) atoms. The molecule has 1 aliphatic heterocycles. The largest absolute Gasteiger partial charge is 0.495 e. The number of rotatable bonds is 3. The molecule has 0 amide bonds. The number of methoxy groups -OCH3 is 1. The number of hydrogen-bond acceptors (Lipinski definition) is 3. The number of ether oxygens (including phenoxy) is 1. The van der Waals surface area contributed by atoms with Crippen LogP contribution >= 0.6 is 11.6 Å². The van der Waals surface area contributed by atoms with Gasteiger partial charge in [-0.2, -0.15) is 4.31 Å². The van der Waals surface area contributed by atoms with Crippen molar-refractivity contribution in [2.45, 2.75) is 37.5 Å². The van der Waals surface area contributed by atoms with Crippen LogP contribution in [0.1, 0.15) is 31.2 Å². The number of nitrogens with zero attached hydrogens (tertiary/aromatic N) is 1. The van der Waals surface area contributed by atoms with Crippen LogP contribution < -0.4 is 4.74 Å². The Morgan fingerprint density at radius 1 is 1.15 bits per heavy atom. The van der Waals surface area contributed by atoms with E-state index in [4.69, 9.17) is 16.3 Å². The lowest BCUT2D eigenvalue weighted by molar-refractivity contribution is 0.391. The van der Waals surface area contributed by atoms with E-state index in [9.17, 15) is 8.42 Å². The van der Waals surface area contributed by atoms with Gasteiger partial charge in [-0.3, -0.25) is 0 Å². The van der Waals surface area contributed by atoms with Crippen molar-refractivity contribution in [1.82, 2.24) is 4.31 Å². The highest BCUT2D eigenvalue weighted by Gasteiger charge is 2.28. The summed E-state index contributed by atoms with van der Waals surface area (Å²) < 4.78 is 32.3. The summed E-state index contributed by atoms with van der Waals surface area (Å²) in [5.41, 5.74) is 0.804. The Morgan fingerprint density at radius 3 is 2.30 bits per heavy atom. The summed E-state index contributed by atoms with van der Waals surface area (Å²) in [6.45, 7) is 2.96. The predicted molar refractivity (Wildman–Crippen MR) is 80.0 cm³/mol. The summed E-state index contributed by atoms with van der Waals surface area (Å²) in [4.78, 5) is 0.164. The fourth-order valence-corrected chi connectivity index (χ4v) is 4.33. The Hall–Kier alpha value is -0.780. The average molecular weight is 318 g/mol. The molecule has 0 aromatic heterocycles. The average Bonchev–Trinajstić information content (AvgIpc) is 2.70. The molecule has 0 atom stereocenters. The molecule has 0 radical (unpaired) electrons. The molecule has 1 saturated heterocycles. The van der Waals surface area contributed by atoms with Crippen LogP contribution in [0.2, 0.25) is 5.02 Å². The van der Waals surface area contributed by atoms with E-state index in [0.29, 0.717) is 23.9 Å². The van der Waals surface area contributed by atoms with Crippen LogP contribution in [0.3, 0.4) is 0 Å². The lowest BCUT2D eigenvalue weighted by Crippen LogP contribution is -2.32. The van der Waals surface area contributed by atoms with E-state index < -0.39 is 10.0 Å². The molecule has 0 aliphatic carbocycles. The zero-order chi connectivity index (χ0) is 14.8. The van der Waals surface area contributed by atoms with Gasteiger partial charge in [0.15, 0.2) is 0 Å². The van der Waals surface area contributed by atoms with E-state index >= 15 is 0 Å². The quantitative estimate of drug-likeness (QED) is 0.860. The second kappa shape index (κ2) is 6.33. The van der Waals surface area contributed by atoms with Crippen molar-refractivity contribution >= 4 is 21.6 Å². The van der Waals surface area contributed by atoms with Crippen LogP contribution in [0.5, 0.6) is 5.75 Å². The monoisotopic (exact) mass is 317 g/mol. The van der Waals surface area contributed by atoms with Gasteiger partial charge in [0.25, 0.3) is 0 Å². The van der Waals surface area contributed by atoms with Gasteiger partial charge in [0.1, 0.15) is 10.6 Å². The lowest BCUT2D eigenvalue weighted by Gasteiger charge is -2.21.